The molecule has 0 spiro atoms. The molecule has 0 radical (unpaired) electrons. The average molecular weight is 269 g/mol. The number of carbonyl (C=O) groups is 1. The molecule has 2 N–H and O–H groups in total. The molecule has 0 aliphatic heterocycles. The molecule has 1 aromatic rings. The lowest BCUT2D eigenvalue weighted by molar-refractivity contribution is -0.384. The summed E-state index contributed by atoms with van der Waals surface area (Å²) in [5.41, 5.74) is 0.338. The molecule has 0 heterocycles. The van der Waals surface area contributed by atoms with Gasteiger partial charge in [0.05, 0.1) is 23.8 Å². The van der Waals surface area contributed by atoms with Crippen molar-refractivity contribution in [3.8, 4) is 5.75 Å². The average Bonchev–Trinajstić information content (AvgIpc) is 2.27. The van der Waals surface area contributed by atoms with Gasteiger partial charge < -0.3 is 15.4 Å². The van der Waals surface area contributed by atoms with Crippen LogP contribution in [0.15, 0.2) is 18.2 Å². The van der Waals surface area contributed by atoms with E-state index in [9.17, 15) is 14.9 Å². The highest BCUT2D eigenvalue weighted by Crippen LogP contribution is 2.28. The summed E-state index contributed by atoms with van der Waals surface area (Å²) in [5.74, 6) is -0.0507. The quantitative estimate of drug-likeness (QED) is 0.490. The maximum Gasteiger partial charge on any atom is 0.273 e. The number of non-ortho nitro benzene ring substituents is 1. The van der Waals surface area contributed by atoms with E-state index < -0.39 is 4.92 Å². The number of thiocarbonyl (C=S) groups is 1. The molecule has 1 aromatic carbocycles. The first kappa shape index (κ1) is 13.8. The van der Waals surface area contributed by atoms with Gasteiger partial charge in [-0.3, -0.25) is 14.9 Å². The van der Waals surface area contributed by atoms with Crippen molar-refractivity contribution in [2.45, 2.75) is 6.92 Å². The number of amides is 1. The van der Waals surface area contributed by atoms with Gasteiger partial charge in [0.15, 0.2) is 5.11 Å². The molecule has 0 aliphatic carbocycles. The number of hydrogen-bond donors (Lipinski definition) is 2. The molecule has 7 nitrogen and oxygen atoms in total. The second-order valence-electron chi connectivity index (χ2n) is 3.28. The van der Waals surface area contributed by atoms with Crippen LogP contribution in [-0.2, 0) is 4.79 Å². The number of anilines is 1. The van der Waals surface area contributed by atoms with Gasteiger partial charge in [-0.1, -0.05) is 0 Å². The van der Waals surface area contributed by atoms with Crippen molar-refractivity contribution >= 4 is 34.6 Å². The van der Waals surface area contributed by atoms with Gasteiger partial charge in [0.2, 0.25) is 5.91 Å². The third-order valence-corrected chi connectivity index (χ3v) is 2.14. The van der Waals surface area contributed by atoms with Crippen LogP contribution in [0.5, 0.6) is 5.75 Å². The summed E-state index contributed by atoms with van der Waals surface area (Å²) < 4.78 is 5.00. The van der Waals surface area contributed by atoms with Crippen molar-refractivity contribution in [3.05, 3.63) is 28.3 Å². The molecule has 1 amide bonds. The van der Waals surface area contributed by atoms with E-state index >= 15 is 0 Å². The molecule has 18 heavy (non-hydrogen) atoms. The number of carbonyl (C=O) groups excluding carboxylic acids is 1. The number of nitro groups is 1. The molecule has 0 saturated heterocycles. The Morgan fingerprint density at radius 1 is 1.50 bits per heavy atom. The third kappa shape index (κ3) is 3.67. The van der Waals surface area contributed by atoms with Crippen molar-refractivity contribution in [1.82, 2.24) is 5.32 Å². The number of methoxy groups -OCH3 is 1. The van der Waals surface area contributed by atoms with E-state index in [-0.39, 0.29) is 22.5 Å². The molecule has 0 aromatic heterocycles. The predicted molar refractivity (Wildman–Crippen MR) is 69.7 cm³/mol. The maximum absolute atomic E-state index is 10.8. The Morgan fingerprint density at radius 2 is 2.17 bits per heavy atom. The van der Waals surface area contributed by atoms with Gasteiger partial charge in [0.1, 0.15) is 5.75 Å². The molecule has 0 unspecified atom stereocenters. The lowest BCUT2D eigenvalue weighted by atomic mass is 10.2. The molecule has 0 bridgehead atoms. The number of hydrogen-bond acceptors (Lipinski definition) is 5. The molecular weight excluding hydrogens is 258 g/mol. The Labute approximate surface area is 108 Å². The van der Waals surface area contributed by atoms with Crippen LogP contribution in [0.2, 0.25) is 0 Å². The standard InChI is InChI=1S/C10H11N3O4S/c1-6(14)11-10(18)12-8-4-3-7(13(15)16)5-9(8)17-2/h3-5H,1-2H3,(H2,11,12,14,18). The number of rotatable bonds is 3. The number of ether oxygens (including phenoxy) is 1. The highest BCUT2D eigenvalue weighted by molar-refractivity contribution is 7.80. The molecular formula is C10H11N3O4S. The first-order valence-corrected chi connectivity index (χ1v) is 5.26. The number of nitrogens with zero attached hydrogens (tertiary/aromatic N) is 1. The van der Waals surface area contributed by atoms with Gasteiger partial charge in [-0.2, -0.15) is 0 Å². The highest BCUT2D eigenvalue weighted by Gasteiger charge is 2.12. The summed E-state index contributed by atoms with van der Waals surface area (Å²) in [6.07, 6.45) is 0. The molecule has 0 saturated carbocycles. The number of nitro benzene ring substituents is 1. The summed E-state index contributed by atoms with van der Waals surface area (Å²) in [6.45, 7) is 1.32. The van der Waals surface area contributed by atoms with Crippen LogP contribution in [0.3, 0.4) is 0 Å². The number of nitrogens with one attached hydrogen (secondary N) is 2. The van der Waals surface area contributed by atoms with E-state index in [0.29, 0.717) is 5.69 Å². The molecule has 0 atom stereocenters. The summed E-state index contributed by atoms with van der Waals surface area (Å²) in [7, 11) is 1.38. The van der Waals surface area contributed by atoms with E-state index in [2.05, 4.69) is 10.6 Å². The SMILES string of the molecule is COc1cc([N+](=O)[O-])ccc1NC(=S)NC(C)=O. The van der Waals surface area contributed by atoms with Gasteiger partial charge in [-0.25, -0.2) is 0 Å². The molecule has 96 valence electrons. The highest BCUT2D eigenvalue weighted by atomic mass is 32.1. The summed E-state index contributed by atoms with van der Waals surface area (Å²) >= 11 is 4.87. The van der Waals surface area contributed by atoms with Crippen LogP contribution in [0, 0.1) is 10.1 Å². The van der Waals surface area contributed by atoms with E-state index in [4.69, 9.17) is 17.0 Å². The topological polar surface area (TPSA) is 93.5 Å². The number of benzene rings is 1. The van der Waals surface area contributed by atoms with E-state index in [1.165, 1.54) is 32.2 Å². The fourth-order valence-electron chi connectivity index (χ4n) is 1.21. The van der Waals surface area contributed by atoms with Crippen molar-refractivity contribution in [2.75, 3.05) is 12.4 Å². The van der Waals surface area contributed by atoms with Crippen LogP contribution in [-0.4, -0.2) is 23.1 Å². The monoisotopic (exact) mass is 269 g/mol. The van der Waals surface area contributed by atoms with Crippen LogP contribution in [0.4, 0.5) is 11.4 Å². The molecule has 0 aliphatic rings. The zero-order valence-electron chi connectivity index (χ0n) is 9.72. The fraction of sp³-hybridized carbons (Fsp3) is 0.200. The largest absolute Gasteiger partial charge is 0.494 e. The lowest BCUT2D eigenvalue weighted by Crippen LogP contribution is -2.32. The minimum atomic E-state index is -0.529. The van der Waals surface area contributed by atoms with Crippen LogP contribution in [0.25, 0.3) is 0 Å². The summed E-state index contributed by atoms with van der Waals surface area (Å²) in [4.78, 5) is 20.8. The van der Waals surface area contributed by atoms with Crippen molar-refractivity contribution in [3.63, 3.8) is 0 Å². The fourth-order valence-corrected chi connectivity index (χ4v) is 1.46. The Balaban J connectivity index is 2.92. The van der Waals surface area contributed by atoms with Crippen molar-refractivity contribution in [1.29, 1.82) is 0 Å². The molecule has 8 heteroatoms. The van der Waals surface area contributed by atoms with E-state index in [0.717, 1.165) is 0 Å². The van der Waals surface area contributed by atoms with Gasteiger partial charge in [0.25, 0.3) is 5.69 Å². The predicted octanol–water partition coefficient (Wildman–Crippen LogP) is 1.44. The van der Waals surface area contributed by atoms with Crippen LogP contribution in [0.1, 0.15) is 6.92 Å². The first-order chi connectivity index (χ1) is 8.43. The zero-order chi connectivity index (χ0) is 13.7. The van der Waals surface area contributed by atoms with Gasteiger partial charge in [0, 0.05) is 13.0 Å². The van der Waals surface area contributed by atoms with E-state index in [1.54, 1.807) is 0 Å². The lowest BCUT2D eigenvalue weighted by Gasteiger charge is -2.11. The minimum absolute atomic E-state index is 0.0923. The van der Waals surface area contributed by atoms with Gasteiger partial charge in [-0.05, 0) is 18.3 Å². The zero-order valence-corrected chi connectivity index (χ0v) is 10.5. The van der Waals surface area contributed by atoms with Crippen molar-refractivity contribution in [2.24, 2.45) is 0 Å². The third-order valence-electron chi connectivity index (χ3n) is 1.93. The Kier molecular flexibility index (Phi) is 4.55. The minimum Gasteiger partial charge on any atom is -0.494 e. The molecule has 0 fully saturated rings. The van der Waals surface area contributed by atoms with E-state index in [1.807, 2.05) is 0 Å². The second-order valence-corrected chi connectivity index (χ2v) is 3.69. The maximum atomic E-state index is 10.8. The van der Waals surface area contributed by atoms with Gasteiger partial charge >= 0.3 is 0 Å². The first-order valence-electron chi connectivity index (χ1n) is 4.85. The van der Waals surface area contributed by atoms with Crippen LogP contribution < -0.4 is 15.4 Å². The Bertz CT molecular complexity index is 504. The van der Waals surface area contributed by atoms with Crippen LogP contribution >= 0.6 is 12.2 Å². The normalized spacial score (nSPS) is 9.44. The smallest absolute Gasteiger partial charge is 0.273 e. The Hall–Kier alpha value is -2.22. The summed E-state index contributed by atoms with van der Waals surface area (Å²) in [6, 6.07) is 4.02. The Morgan fingerprint density at radius 3 is 2.67 bits per heavy atom. The van der Waals surface area contributed by atoms with Crippen molar-refractivity contribution < 1.29 is 14.5 Å². The molecule has 1 rings (SSSR count). The summed E-state index contributed by atoms with van der Waals surface area (Å²) in [5, 5.41) is 15.8. The second kappa shape index (κ2) is 5.92. The van der Waals surface area contributed by atoms with Gasteiger partial charge in [-0.15, -0.1) is 0 Å².